The number of hydrogen-bond acceptors (Lipinski definition) is 5. The van der Waals surface area contributed by atoms with Crippen molar-refractivity contribution in [3.63, 3.8) is 0 Å². The third-order valence-corrected chi connectivity index (χ3v) is 7.20. The molecule has 1 aliphatic carbocycles. The summed E-state index contributed by atoms with van der Waals surface area (Å²) in [5, 5.41) is 21.0. The molecule has 2 aromatic rings. The van der Waals surface area contributed by atoms with Gasteiger partial charge in [0.1, 0.15) is 18.2 Å². The first kappa shape index (κ1) is 26.9. The molecule has 1 aliphatic heterocycles. The number of alkyl halides is 6. The number of aromatic nitrogens is 3. The molecule has 1 unspecified atom stereocenters. The minimum atomic E-state index is -4.94. The fourth-order valence-corrected chi connectivity index (χ4v) is 4.84. The Morgan fingerprint density at radius 2 is 1.73 bits per heavy atom. The first-order valence-corrected chi connectivity index (χ1v) is 11.6. The molecule has 4 rings (SSSR count). The monoisotopic (exact) mass is 525 g/mol. The predicted molar refractivity (Wildman–Crippen MR) is 121 cm³/mol. The number of piperidine rings is 1. The van der Waals surface area contributed by atoms with E-state index in [1.807, 2.05) is 24.3 Å². The Kier molecular flexibility index (Phi) is 7.23. The average Bonchev–Trinajstić information content (AvgIpc) is 3.43. The lowest BCUT2D eigenvalue weighted by Crippen LogP contribution is -2.63. The summed E-state index contributed by atoms with van der Waals surface area (Å²) < 4.78 is 87.6. The first-order chi connectivity index (χ1) is 17.4. The van der Waals surface area contributed by atoms with Crippen LogP contribution in [-0.2, 0) is 22.6 Å². The molecule has 4 atom stereocenters. The highest BCUT2D eigenvalue weighted by Crippen LogP contribution is 2.41. The zero-order valence-corrected chi connectivity index (χ0v) is 19.9. The molecule has 1 aromatic heterocycles. The number of benzene rings is 1. The van der Waals surface area contributed by atoms with Crippen molar-refractivity contribution < 1.29 is 31.1 Å². The van der Waals surface area contributed by atoms with E-state index in [-0.39, 0.29) is 30.7 Å². The van der Waals surface area contributed by atoms with Crippen LogP contribution in [0.1, 0.15) is 49.0 Å². The molecule has 0 saturated carbocycles. The second-order valence-electron chi connectivity index (χ2n) is 9.47. The van der Waals surface area contributed by atoms with Crippen molar-refractivity contribution in [1.82, 2.24) is 20.1 Å². The van der Waals surface area contributed by atoms with Crippen LogP contribution >= 0.6 is 0 Å². The van der Waals surface area contributed by atoms with Crippen molar-refractivity contribution in [3.05, 3.63) is 71.8 Å². The van der Waals surface area contributed by atoms with E-state index < -0.39 is 40.7 Å². The summed E-state index contributed by atoms with van der Waals surface area (Å²) in [5.74, 6) is -0.0606. The predicted octanol–water partition coefficient (Wildman–Crippen LogP) is 5.57. The van der Waals surface area contributed by atoms with Gasteiger partial charge >= 0.3 is 12.4 Å². The molecule has 1 N–H and O–H groups in total. The molecule has 2 heterocycles. The third-order valence-electron chi connectivity index (χ3n) is 7.20. The summed E-state index contributed by atoms with van der Waals surface area (Å²) in [5.41, 5.74) is -4.62. The maximum atomic E-state index is 13.3. The topological polar surface area (TPSA) is 75.8 Å². The van der Waals surface area contributed by atoms with Crippen LogP contribution in [0.15, 0.2) is 55.2 Å². The highest BCUT2D eigenvalue weighted by Gasteiger charge is 2.47. The van der Waals surface area contributed by atoms with Crippen molar-refractivity contribution >= 4 is 0 Å². The van der Waals surface area contributed by atoms with Crippen LogP contribution in [0.25, 0.3) is 0 Å². The summed E-state index contributed by atoms with van der Waals surface area (Å²) in [6.45, 7) is 1.67. The van der Waals surface area contributed by atoms with Gasteiger partial charge in [0.25, 0.3) is 0 Å². The van der Waals surface area contributed by atoms with Gasteiger partial charge in [0.15, 0.2) is 0 Å². The van der Waals surface area contributed by atoms with Crippen molar-refractivity contribution in [2.45, 2.75) is 55.7 Å². The van der Waals surface area contributed by atoms with Gasteiger partial charge in [-0.1, -0.05) is 24.3 Å². The van der Waals surface area contributed by atoms with Crippen LogP contribution in [0, 0.1) is 17.2 Å². The van der Waals surface area contributed by atoms with Gasteiger partial charge < -0.3 is 10.1 Å². The summed E-state index contributed by atoms with van der Waals surface area (Å²) in [6, 6.07) is 3.81. The lowest BCUT2D eigenvalue weighted by molar-refractivity contribution is -0.143. The van der Waals surface area contributed by atoms with E-state index in [4.69, 9.17) is 4.74 Å². The smallest absolute Gasteiger partial charge is 0.372 e. The molecule has 1 saturated heterocycles. The second-order valence-corrected chi connectivity index (χ2v) is 9.47. The van der Waals surface area contributed by atoms with Gasteiger partial charge in [-0.05, 0) is 49.9 Å². The Morgan fingerprint density at radius 3 is 2.22 bits per heavy atom. The molecule has 37 heavy (non-hydrogen) atoms. The number of rotatable bonds is 6. The third kappa shape index (κ3) is 5.57. The quantitative estimate of drug-likeness (QED) is 0.500. The van der Waals surface area contributed by atoms with Gasteiger partial charge in [0, 0.05) is 18.0 Å². The van der Waals surface area contributed by atoms with Gasteiger partial charge in [0.2, 0.25) is 0 Å². The normalized spacial score (nSPS) is 27.1. The number of nitrogens with one attached hydrogen (secondary N) is 1. The zero-order valence-electron chi connectivity index (χ0n) is 19.9. The van der Waals surface area contributed by atoms with Crippen LogP contribution in [0.5, 0.6) is 0 Å². The highest BCUT2D eigenvalue weighted by molar-refractivity contribution is 5.34. The molecule has 1 fully saturated rings. The molecule has 1 aromatic carbocycles. The van der Waals surface area contributed by atoms with Crippen LogP contribution < -0.4 is 5.32 Å². The Labute approximate surface area is 209 Å². The summed E-state index contributed by atoms with van der Waals surface area (Å²) in [7, 11) is 0. The largest absolute Gasteiger partial charge is 0.416 e. The Morgan fingerprint density at radius 1 is 1.08 bits per heavy atom. The van der Waals surface area contributed by atoms with E-state index in [9.17, 15) is 31.6 Å². The summed E-state index contributed by atoms with van der Waals surface area (Å²) in [6.07, 6.45) is 1.29. The molecule has 2 aliphatic rings. The van der Waals surface area contributed by atoms with Gasteiger partial charge in [-0.25, -0.2) is 0 Å². The minimum absolute atomic E-state index is 0.0122. The lowest BCUT2D eigenvalue weighted by Gasteiger charge is -2.48. The van der Waals surface area contributed by atoms with Crippen molar-refractivity contribution in [2.75, 3.05) is 13.2 Å². The van der Waals surface area contributed by atoms with Crippen LogP contribution in [0.3, 0.4) is 0 Å². The van der Waals surface area contributed by atoms with Crippen LogP contribution in [0.4, 0.5) is 26.3 Å². The molecule has 0 bridgehead atoms. The van der Waals surface area contributed by atoms with Crippen molar-refractivity contribution in [2.24, 2.45) is 5.92 Å². The molecule has 0 amide bonds. The summed E-state index contributed by atoms with van der Waals surface area (Å²) in [4.78, 5) is 0. The van der Waals surface area contributed by atoms with Crippen LogP contribution in [0.2, 0.25) is 0 Å². The Balaban J connectivity index is 1.58. The molecular formula is C25H25F6N5O. The number of ether oxygens (including phenoxy) is 1. The Bertz CT molecular complexity index is 1160. The number of hydrogen-bond donors (Lipinski definition) is 1. The number of allylic oxidation sites excluding steroid dienone is 3. The second kappa shape index (κ2) is 9.95. The van der Waals surface area contributed by atoms with Crippen LogP contribution in [-0.4, -0.2) is 33.5 Å². The maximum Gasteiger partial charge on any atom is 0.416 e. The SMILES string of the molecule is C[C@@H](OC[C@@]1(C2C=CC=CC2)CC[C@@](C#N)(n2cnnc2)CN1)c1cc(C(F)(F)F)cc(C(F)(F)F)c1. The van der Waals surface area contributed by atoms with E-state index in [1.54, 1.807) is 4.57 Å². The zero-order chi connectivity index (χ0) is 26.9. The lowest BCUT2D eigenvalue weighted by atomic mass is 9.71. The fraction of sp³-hybridized carbons (Fsp3) is 0.480. The maximum absolute atomic E-state index is 13.3. The summed E-state index contributed by atoms with van der Waals surface area (Å²) >= 11 is 0. The number of nitriles is 1. The van der Waals surface area contributed by atoms with Gasteiger partial charge in [-0.3, -0.25) is 4.57 Å². The molecule has 12 heteroatoms. The van der Waals surface area contributed by atoms with E-state index in [0.717, 1.165) is 0 Å². The standard InChI is InChI=1S/C25H25F6N5O/c1-17(18-9-20(24(26,27)28)11-21(10-18)25(29,30)31)37-14-23(19-5-3-2-4-6-19)8-7-22(12-32,13-33-23)36-15-34-35-16-36/h2-5,9-11,15-17,19,33H,6-8,13-14H2,1H3/t17-,19?,22+,23-/m1/s1. The molecule has 0 spiro atoms. The number of nitrogens with zero attached hydrogens (tertiary/aromatic N) is 4. The van der Waals surface area contributed by atoms with Crippen molar-refractivity contribution in [3.8, 4) is 6.07 Å². The molecular weight excluding hydrogens is 500 g/mol. The number of halogens is 6. The van der Waals surface area contributed by atoms with Gasteiger partial charge in [-0.15, -0.1) is 10.2 Å². The van der Waals surface area contributed by atoms with Gasteiger partial charge in [-0.2, -0.15) is 31.6 Å². The molecule has 198 valence electrons. The van der Waals surface area contributed by atoms with E-state index in [0.29, 0.717) is 31.4 Å². The average molecular weight is 525 g/mol. The van der Waals surface area contributed by atoms with E-state index in [1.165, 1.54) is 19.6 Å². The first-order valence-electron chi connectivity index (χ1n) is 11.6. The molecule has 0 radical (unpaired) electrons. The molecule has 6 nitrogen and oxygen atoms in total. The minimum Gasteiger partial charge on any atom is -0.372 e. The highest BCUT2D eigenvalue weighted by atomic mass is 19.4. The fourth-order valence-electron chi connectivity index (χ4n) is 4.84. The van der Waals surface area contributed by atoms with E-state index >= 15 is 0 Å². The van der Waals surface area contributed by atoms with Gasteiger partial charge in [0.05, 0.1) is 29.9 Å². The van der Waals surface area contributed by atoms with E-state index in [2.05, 4.69) is 21.6 Å². The van der Waals surface area contributed by atoms with Crippen molar-refractivity contribution in [1.29, 1.82) is 5.26 Å². The Hall–Kier alpha value is -3.17.